The third kappa shape index (κ3) is 5.58. The molecule has 0 spiro atoms. The molecule has 0 radical (unpaired) electrons. The largest absolute Gasteiger partial charge is 0.198 e. The molecule has 0 N–H and O–H groups in total. The highest BCUT2D eigenvalue weighted by Crippen LogP contribution is 1.80. The summed E-state index contributed by atoms with van der Waals surface area (Å²) in [6.07, 6.45) is 4.15. The molecule has 38 valence electrons. The molecule has 0 heterocycles. The molecular weight excluding hydrogens is 106 g/mol. The van der Waals surface area contributed by atoms with Crippen molar-refractivity contribution in [2.75, 3.05) is 5.75 Å². The van der Waals surface area contributed by atoms with Crippen molar-refractivity contribution >= 4 is 12.6 Å². The van der Waals surface area contributed by atoms with Gasteiger partial charge in [-0.3, -0.25) is 0 Å². The minimum absolute atomic E-state index is 0.501. The first-order chi connectivity index (χ1) is 3.41. The smallest absolute Gasteiger partial charge is 0.0663 e. The summed E-state index contributed by atoms with van der Waals surface area (Å²) in [5.74, 6) is 0.724. The zero-order chi connectivity index (χ0) is 5.54. The Labute approximate surface area is 49.1 Å². The summed E-state index contributed by atoms with van der Waals surface area (Å²) in [4.78, 5) is 0. The molecular formula is C5H7NS. The minimum atomic E-state index is 0.501. The third-order valence-electron chi connectivity index (χ3n) is 0.481. The zero-order valence-electron chi connectivity index (χ0n) is 3.96. The molecule has 0 saturated heterocycles. The Balaban J connectivity index is 2.97. The van der Waals surface area contributed by atoms with Crippen molar-refractivity contribution in [1.82, 2.24) is 0 Å². The zero-order valence-corrected chi connectivity index (χ0v) is 4.86. The quantitative estimate of drug-likeness (QED) is 0.424. The molecule has 0 bridgehead atoms. The van der Waals surface area contributed by atoms with Crippen LogP contribution >= 0.6 is 12.6 Å². The summed E-state index contributed by atoms with van der Waals surface area (Å²) < 4.78 is 0. The van der Waals surface area contributed by atoms with Gasteiger partial charge in [0.05, 0.1) is 12.5 Å². The number of allylic oxidation sites excluding steroid dienone is 1. The third-order valence-corrected chi connectivity index (χ3v) is 0.692. The van der Waals surface area contributed by atoms with Gasteiger partial charge in [-0.1, -0.05) is 12.2 Å². The molecule has 0 aliphatic carbocycles. The van der Waals surface area contributed by atoms with E-state index in [-0.39, 0.29) is 0 Å². The highest BCUT2D eigenvalue weighted by Gasteiger charge is 1.66. The molecule has 0 aromatic rings. The van der Waals surface area contributed by atoms with E-state index < -0.39 is 0 Å². The van der Waals surface area contributed by atoms with Crippen molar-refractivity contribution < 1.29 is 0 Å². The van der Waals surface area contributed by atoms with Crippen LogP contribution in [-0.4, -0.2) is 5.75 Å². The van der Waals surface area contributed by atoms with Crippen molar-refractivity contribution in [3.8, 4) is 6.07 Å². The minimum Gasteiger partial charge on any atom is -0.198 e. The van der Waals surface area contributed by atoms with Crippen LogP contribution in [0.1, 0.15) is 6.42 Å². The van der Waals surface area contributed by atoms with Crippen LogP contribution in [0.2, 0.25) is 0 Å². The number of thiol groups is 1. The van der Waals surface area contributed by atoms with Crippen molar-refractivity contribution in [1.29, 1.82) is 5.26 Å². The highest BCUT2D eigenvalue weighted by atomic mass is 32.1. The maximum atomic E-state index is 7.97. The van der Waals surface area contributed by atoms with Crippen LogP contribution < -0.4 is 0 Å². The van der Waals surface area contributed by atoms with Crippen LogP contribution in [0, 0.1) is 11.3 Å². The van der Waals surface area contributed by atoms with Crippen LogP contribution in [0.15, 0.2) is 12.2 Å². The second kappa shape index (κ2) is 5.58. The summed E-state index contributed by atoms with van der Waals surface area (Å²) in [5, 5.41) is 7.97. The van der Waals surface area contributed by atoms with E-state index in [2.05, 4.69) is 12.6 Å². The van der Waals surface area contributed by atoms with Gasteiger partial charge in [0.2, 0.25) is 0 Å². The molecule has 0 atom stereocenters. The molecule has 0 saturated carbocycles. The fraction of sp³-hybridized carbons (Fsp3) is 0.400. The molecule has 0 amide bonds. The molecule has 0 aromatic carbocycles. The molecule has 0 aliphatic rings. The Morgan fingerprint density at radius 3 is 2.71 bits per heavy atom. The van der Waals surface area contributed by atoms with Crippen LogP contribution in [-0.2, 0) is 0 Å². The normalized spacial score (nSPS) is 9.14. The van der Waals surface area contributed by atoms with E-state index in [0.29, 0.717) is 6.42 Å². The van der Waals surface area contributed by atoms with Gasteiger partial charge in [0.1, 0.15) is 0 Å². The predicted octanol–water partition coefficient (Wildman–Crippen LogP) is 1.39. The van der Waals surface area contributed by atoms with Crippen molar-refractivity contribution in [2.24, 2.45) is 0 Å². The average molecular weight is 113 g/mol. The van der Waals surface area contributed by atoms with E-state index in [1.54, 1.807) is 6.08 Å². The summed E-state index contributed by atoms with van der Waals surface area (Å²) in [6, 6.07) is 1.98. The number of nitrogens with zero attached hydrogens (tertiary/aromatic N) is 1. The molecule has 0 fully saturated rings. The van der Waals surface area contributed by atoms with Crippen molar-refractivity contribution in [3.05, 3.63) is 12.2 Å². The number of hydrogen-bond acceptors (Lipinski definition) is 2. The van der Waals surface area contributed by atoms with Gasteiger partial charge >= 0.3 is 0 Å². The van der Waals surface area contributed by atoms with Gasteiger partial charge in [-0.2, -0.15) is 17.9 Å². The average Bonchev–Trinajstić information content (AvgIpc) is 1.69. The van der Waals surface area contributed by atoms with E-state index in [9.17, 15) is 0 Å². The second-order valence-corrected chi connectivity index (χ2v) is 1.38. The maximum Gasteiger partial charge on any atom is 0.0663 e. The first-order valence-corrected chi connectivity index (χ1v) is 2.68. The standard InChI is InChI=1S/C5H7NS/c6-4-2-1-3-5-7/h1,3,7H,2,5H2. The monoisotopic (exact) mass is 113 g/mol. The number of nitriles is 1. The molecule has 0 aromatic heterocycles. The van der Waals surface area contributed by atoms with Crippen LogP contribution in [0.25, 0.3) is 0 Å². The Morgan fingerprint density at radius 1 is 1.57 bits per heavy atom. The molecule has 7 heavy (non-hydrogen) atoms. The van der Waals surface area contributed by atoms with Gasteiger partial charge in [-0.25, -0.2) is 0 Å². The van der Waals surface area contributed by atoms with Gasteiger partial charge < -0.3 is 0 Å². The van der Waals surface area contributed by atoms with Gasteiger partial charge in [-0.15, -0.1) is 0 Å². The molecule has 0 rings (SSSR count). The van der Waals surface area contributed by atoms with E-state index in [1.807, 2.05) is 12.1 Å². The van der Waals surface area contributed by atoms with Crippen LogP contribution in [0.5, 0.6) is 0 Å². The summed E-state index contributed by atoms with van der Waals surface area (Å²) in [5.41, 5.74) is 0. The lowest BCUT2D eigenvalue weighted by atomic mass is 10.4. The van der Waals surface area contributed by atoms with E-state index >= 15 is 0 Å². The van der Waals surface area contributed by atoms with Crippen molar-refractivity contribution in [2.45, 2.75) is 6.42 Å². The Hall–Kier alpha value is -0.420. The maximum absolute atomic E-state index is 7.97. The predicted molar refractivity (Wildman–Crippen MR) is 33.2 cm³/mol. The highest BCUT2D eigenvalue weighted by molar-refractivity contribution is 7.80. The lowest BCUT2D eigenvalue weighted by Gasteiger charge is -1.70. The Bertz CT molecular complexity index is 90.7. The van der Waals surface area contributed by atoms with Crippen LogP contribution in [0.3, 0.4) is 0 Å². The summed E-state index contributed by atoms with van der Waals surface area (Å²) in [7, 11) is 0. The summed E-state index contributed by atoms with van der Waals surface area (Å²) >= 11 is 3.90. The van der Waals surface area contributed by atoms with E-state index in [1.165, 1.54) is 0 Å². The lowest BCUT2D eigenvalue weighted by molar-refractivity contribution is 1.35. The van der Waals surface area contributed by atoms with Gasteiger partial charge in [0.15, 0.2) is 0 Å². The Morgan fingerprint density at radius 2 is 2.29 bits per heavy atom. The molecule has 2 heteroatoms. The SMILES string of the molecule is N#CCC=CCS. The van der Waals surface area contributed by atoms with E-state index in [0.717, 1.165) is 5.75 Å². The number of rotatable bonds is 2. The fourth-order valence-electron chi connectivity index (χ4n) is 0.211. The van der Waals surface area contributed by atoms with Crippen LogP contribution in [0.4, 0.5) is 0 Å². The first-order valence-electron chi connectivity index (χ1n) is 2.04. The van der Waals surface area contributed by atoms with Crippen molar-refractivity contribution in [3.63, 3.8) is 0 Å². The Kier molecular flexibility index (Phi) is 5.25. The first kappa shape index (κ1) is 6.58. The molecule has 0 aliphatic heterocycles. The van der Waals surface area contributed by atoms with Gasteiger partial charge in [0.25, 0.3) is 0 Å². The number of hydrogen-bond donors (Lipinski definition) is 1. The van der Waals surface area contributed by atoms with Gasteiger partial charge in [-0.05, 0) is 0 Å². The fourth-order valence-corrected chi connectivity index (χ4v) is 0.360. The lowest BCUT2D eigenvalue weighted by Crippen LogP contribution is -1.58. The molecule has 1 nitrogen and oxygen atoms in total. The molecule has 0 unspecified atom stereocenters. The van der Waals surface area contributed by atoms with Gasteiger partial charge in [0, 0.05) is 5.75 Å². The topological polar surface area (TPSA) is 23.8 Å². The summed E-state index contributed by atoms with van der Waals surface area (Å²) in [6.45, 7) is 0. The second-order valence-electron chi connectivity index (χ2n) is 1.02. The van der Waals surface area contributed by atoms with E-state index in [4.69, 9.17) is 5.26 Å².